The molecule has 1 amide bonds. The van der Waals surface area contributed by atoms with Gasteiger partial charge in [-0.05, 0) is 49.2 Å². The molecule has 2 aromatic carbocycles. The second-order valence-electron chi connectivity index (χ2n) is 6.78. The van der Waals surface area contributed by atoms with Crippen LogP contribution in [-0.4, -0.2) is 29.5 Å². The lowest BCUT2D eigenvalue weighted by Gasteiger charge is -2.49. The van der Waals surface area contributed by atoms with Gasteiger partial charge >= 0.3 is 0 Å². The Kier molecular flexibility index (Phi) is 3.89. The summed E-state index contributed by atoms with van der Waals surface area (Å²) in [4.78, 5) is 14.8. The van der Waals surface area contributed by atoms with Crippen molar-refractivity contribution in [2.45, 2.75) is 31.4 Å². The average Bonchev–Trinajstić information content (AvgIpc) is 2.64. The number of anilines is 1. The van der Waals surface area contributed by atoms with Crippen molar-refractivity contribution in [3.05, 3.63) is 60.2 Å². The van der Waals surface area contributed by atoms with Crippen LogP contribution in [0.4, 0.5) is 5.69 Å². The zero-order valence-corrected chi connectivity index (χ0v) is 13.6. The minimum atomic E-state index is 0.149. The zero-order valence-electron chi connectivity index (χ0n) is 13.6. The van der Waals surface area contributed by atoms with Gasteiger partial charge in [0.1, 0.15) is 11.9 Å². The van der Waals surface area contributed by atoms with Crippen LogP contribution in [-0.2, 0) is 0 Å². The summed E-state index contributed by atoms with van der Waals surface area (Å²) in [7, 11) is 0. The molecule has 3 unspecified atom stereocenters. The first-order chi connectivity index (χ1) is 11.7. The molecule has 5 rings (SSSR count). The quantitative estimate of drug-likeness (QED) is 0.882. The Balaban J connectivity index is 1.45. The number of hydrogen-bond donors (Lipinski definition) is 1. The van der Waals surface area contributed by atoms with Crippen molar-refractivity contribution in [2.24, 2.45) is 5.92 Å². The van der Waals surface area contributed by atoms with E-state index in [0.717, 1.165) is 42.8 Å². The average molecular weight is 322 g/mol. The van der Waals surface area contributed by atoms with Crippen LogP contribution < -0.4 is 10.5 Å². The third-order valence-electron chi connectivity index (χ3n) is 5.22. The van der Waals surface area contributed by atoms with Crippen molar-refractivity contribution >= 4 is 11.6 Å². The predicted octanol–water partition coefficient (Wildman–Crippen LogP) is 3.34. The molecule has 3 fully saturated rings. The van der Waals surface area contributed by atoms with E-state index in [2.05, 4.69) is 0 Å². The highest BCUT2D eigenvalue weighted by Gasteiger charge is 2.43. The molecule has 0 aromatic heterocycles. The fraction of sp³-hybridized carbons (Fsp3) is 0.350. The van der Waals surface area contributed by atoms with Crippen molar-refractivity contribution in [2.75, 3.05) is 12.3 Å². The van der Waals surface area contributed by atoms with Crippen LogP contribution in [0.15, 0.2) is 54.6 Å². The van der Waals surface area contributed by atoms with E-state index in [9.17, 15) is 4.79 Å². The topological polar surface area (TPSA) is 55.6 Å². The number of rotatable bonds is 3. The molecule has 2 N–H and O–H groups in total. The van der Waals surface area contributed by atoms with Gasteiger partial charge < -0.3 is 15.4 Å². The summed E-state index contributed by atoms with van der Waals surface area (Å²) >= 11 is 0. The number of carbonyl (C=O) groups excluding carboxylic acids is 1. The van der Waals surface area contributed by atoms with Gasteiger partial charge in [0.15, 0.2) is 0 Å². The molecule has 2 bridgehead atoms. The maximum Gasteiger partial charge on any atom is 0.254 e. The van der Waals surface area contributed by atoms with Crippen molar-refractivity contribution < 1.29 is 9.53 Å². The third kappa shape index (κ3) is 2.84. The van der Waals surface area contributed by atoms with E-state index in [1.807, 2.05) is 59.5 Å². The Labute approximate surface area is 142 Å². The first kappa shape index (κ1) is 15.1. The van der Waals surface area contributed by atoms with Gasteiger partial charge in [0, 0.05) is 36.2 Å². The minimum Gasteiger partial charge on any atom is -0.490 e. The SMILES string of the molecule is Nc1ccc(OC2CC3CCC2CN3C(=O)c2ccccc2)cc1. The van der Waals surface area contributed by atoms with Crippen LogP contribution in [0, 0.1) is 5.92 Å². The maximum absolute atomic E-state index is 12.8. The van der Waals surface area contributed by atoms with Crippen molar-refractivity contribution in [1.82, 2.24) is 4.90 Å². The molecule has 3 atom stereocenters. The summed E-state index contributed by atoms with van der Waals surface area (Å²) in [5, 5.41) is 0. The number of carbonyl (C=O) groups is 1. The Morgan fingerprint density at radius 3 is 2.46 bits per heavy atom. The minimum absolute atomic E-state index is 0.149. The van der Waals surface area contributed by atoms with Crippen LogP contribution in [0.3, 0.4) is 0 Å². The van der Waals surface area contributed by atoms with Crippen LogP contribution in [0.5, 0.6) is 5.75 Å². The number of nitrogen functional groups attached to an aromatic ring is 1. The van der Waals surface area contributed by atoms with Crippen molar-refractivity contribution in [1.29, 1.82) is 0 Å². The molecular formula is C20H22N2O2. The summed E-state index contributed by atoms with van der Waals surface area (Å²) in [6.07, 6.45) is 3.30. The van der Waals surface area contributed by atoms with Crippen LogP contribution in [0.1, 0.15) is 29.6 Å². The van der Waals surface area contributed by atoms with E-state index in [-0.39, 0.29) is 18.1 Å². The number of hydrogen-bond acceptors (Lipinski definition) is 3. The highest BCUT2D eigenvalue weighted by molar-refractivity contribution is 5.94. The molecule has 1 aliphatic carbocycles. The smallest absolute Gasteiger partial charge is 0.254 e. The molecule has 4 nitrogen and oxygen atoms in total. The standard InChI is InChI=1S/C20H22N2O2/c21-16-7-10-18(11-8-16)24-19-12-17-9-6-15(19)13-22(17)20(23)14-4-2-1-3-5-14/h1-5,7-8,10-11,15,17,19H,6,9,12-13,21H2. The maximum atomic E-state index is 12.8. The molecular weight excluding hydrogens is 300 g/mol. The van der Waals surface area contributed by atoms with Gasteiger partial charge in [0.05, 0.1) is 0 Å². The van der Waals surface area contributed by atoms with Gasteiger partial charge in [-0.1, -0.05) is 18.2 Å². The number of fused-ring (bicyclic) bond motifs is 3. The summed E-state index contributed by atoms with van der Waals surface area (Å²) < 4.78 is 6.18. The molecule has 2 aliphatic heterocycles. The Morgan fingerprint density at radius 2 is 1.79 bits per heavy atom. The van der Waals surface area contributed by atoms with E-state index in [0.29, 0.717) is 5.92 Å². The van der Waals surface area contributed by atoms with Crippen LogP contribution in [0.2, 0.25) is 0 Å². The molecule has 124 valence electrons. The van der Waals surface area contributed by atoms with Crippen molar-refractivity contribution in [3.8, 4) is 5.75 Å². The number of amides is 1. The van der Waals surface area contributed by atoms with Crippen molar-refractivity contribution in [3.63, 3.8) is 0 Å². The van der Waals surface area contributed by atoms with Crippen LogP contribution >= 0.6 is 0 Å². The van der Waals surface area contributed by atoms with Gasteiger partial charge in [0.25, 0.3) is 5.91 Å². The Morgan fingerprint density at radius 1 is 1.04 bits per heavy atom. The molecule has 0 radical (unpaired) electrons. The molecule has 2 aromatic rings. The highest BCUT2D eigenvalue weighted by atomic mass is 16.5. The van der Waals surface area contributed by atoms with Gasteiger partial charge in [-0.25, -0.2) is 0 Å². The third-order valence-corrected chi connectivity index (χ3v) is 5.22. The molecule has 1 saturated carbocycles. The monoisotopic (exact) mass is 322 g/mol. The fourth-order valence-electron chi connectivity index (χ4n) is 3.93. The lowest BCUT2D eigenvalue weighted by Crippen LogP contribution is -2.57. The van der Waals surface area contributed by atoms with E-state index >= 15 is 0 Å². The molecule has 2 heterocycles. The molecule has 24 heavy (non-hydrogen) atoms. The Bertz CT molecular complexity index is 714. The Hall–Kier alpha value is -2.49. The lowest BCUT2D eigenvalue weighted by molar-refractivity contribution is -0.0261. The number of piperidine rings is 2. The van der Waals surface area contributed by atoms with E-state index in [4.69, 9.17) is 10.5 Å². The highest BCUT2D eigenvalue weighted by Crippen LogP contribution is 2.38. The summed E-state index contributed by atoms with van der Waals surface area (Å²) in [6.45, 7) is 0.790. The van der Waals surface area contributed by atoms with E-state index < -0.39 is 0 Å². The fourth-order valence-corrected chi connectivity index (χ4v) is 3.93. The first-order valence-corrected chi connectivity index (χ1v) is 8.59. The van der Waals surface area contributed by atoms with E-state index in [1.54, 1.807) is 0 Å². The normalized spacial score (nSPS) is 25.5. The summed E-state index contributed by atoms with van der Waals surface area (Å²) in [6, 6.07) is 17.4. The second-order valence-corrected chi connectivity index (χ2v) is 6.78. The number of benzene rings is 2. The van der Waals surface area contributed by atoms with Gasteiger partial charge in [-0.2, -0.15) is 0 Å². The molecule has 0 spiro atoms. The number of nitrogens with zero attached hydrogens (tertiary/aromatic N) is 1. The number of nitrogens with two attached hydrogens (primary N) is 1. The van der Waals surface area contributed by atoms with Gasteiger partial charge in [-0.3, -0.25) is 4.79 Å². The largest absolute Gasteiger partial charge is 0.490 e. The summed E-state index contributed by atoms with van der Waals surface area (Å²) in [5.41, 5.74) is 7.25. The first-order valence-electron chi connectivity index (χ1n) is 8.59. The predicted molar refractivity (Wildman–Crippen MR) is 93.9 cm³/mol. The van der Waals surface area contributed by atoms with Gasteiger partial charge in [-0.15, -0.1) is 0 Å². The van der Waals surface area contributed by atoms with E-state index in [1.165, 1.54) is 0 Å². The summed E-state index contributed by atoms with van der Waals surface area (Å²) in [5.74, 6) is 1.42. The van der Waals surface area contributed by atoms with Crippen LogP contribution in [0.25, 0.3) is 0 Å². The zero-order chi connectivity index (χ0) is 16.5. The second kappa shape index (κ2) is 6.19. The molecule has 3 aliphatic rings. The molecule has 4 heteroatoms. The number of ether oxygens (including phenoxy) is 1. The van der Waals surface area contributed by atoms with Gasteiger partial charge in [0.2, 0.25) is 0 Å². The lowest BCUT2D eigenvalue weighted by atomic mass is 9.77. The molecule has 2 saturated heterocycles.